The Kier molecular flexibility index (Phi) is 6.55. The largest absolute Gasteiger partial charge is 0.352 e. The Hall–Kier alpha value is -2.62. The molecule has 0 radical (unpaired) electrons. The van der Waals surface area contributed by atoms with Crippen LogP contribution in [0.5, 0.6) is 0 Å². The molecule has 0 unspecified atom stereocenters. The van der Waals surface area contributed by atoms with Gasteiger partial charge >= 0.3 is 0 Å². The van der Waals surface area contributed by atoms with Crippen molar-refractivity contribution in [1.82, 2.24) is 10.2 Å². The molecule has 24 heavy (non-hydrogen) atoms. The van der Waals surface area contributed by atoms with Gasteiger partial charge in [0.05, 0.1) is 0 Å². The molecule has 126 valence electrons. The first kappa shape index (κ1) is 17.7. The molecule has 0 aliphatic heterocycles. The predicted molar refractivity (Wildman–Crippen MR) is 95.7 cm³/mol. The van der Waals surface area contributed by atoms with E-state index in [-0.39, 0.29) is 11.8 Å². The van der Waals surface area contributed by atoms with Gasteiger partial charge in [-0.2, -0.15) is 0 Å². The monoisotopic (exact) mass is 324 g/mol. The molecule has 0 saturated heterocycles. The molecule has 4 heteroatoms. The van der Waals surface area contributed by atoms with Crippen LogP contribution in [0.25, 0.3) is 0 Å². The molecule has 0 aliphatic rings. The van der Waals surface area contributed by atoms with Crippen molar-refractivity contribution in [1.29, 1.82) is 0 Å². The molecule has 0 aliphatic carbocycles. The van der Waals surface area contributed by atoms with Crippen molar-refractivity contribution in [3.63, 3.8) is 0 Å². The summed E-state index contributed by atoms with van der Waals surface area (Å²) in [5.41, 5.74) is 2.77. The Morgan fingerprint density at radius 1 is 1.04 bits per heavy atom. The van der Waals surface area contributed by atoms with Gasteiger partial charge in [0.15, 0.2) is 0 Å². The van der Waals surface area contributed by atoms with Crippen LogP contribution < -0.4 is 5.32 Å². The molecule has 0 fully saturated rings. The zero-order valence-corrected chi connectivity index (χ0v) is 14.3. The average molecular weight is 324 g/mol. The van der Waals surface area contributed by atoms with E-state index in [0.717, 1.165) is 11.1 Å². The van der Waals surface area contributed by atoms with E-state index in [1.807, 2.05) is 62.4 Å². The van der Waals surface area contributed by atoms with Gasteiger partial charge in [0.2, 0.25) is 5.91 Å². The first-order chi connectivity index (χ1) is 11.6. The second-order valence-corrected chi connectivity index (χ2v) is 5.77. The molecule has 4 nitrogen and oxygen atoms in total. The van der Waals surface area contributed by atoms with Crippen LogP contribution >= 0.6 is 0 Å². The zero-order valence-electron chi connectivity index (χ0n) is 14.3. The average Bonchev–Trinajstić information content (AvgIpc) is 2.60. The number of rotatable bonds is 7. The highest BCUT2D eigenvalue weighted by Gasteiger charge is 2.13. The summed E-state index contributed by atoms with van der Waals surface area (Å²) in [6.07, 6.45) is 0.304. The van der Waals surface area contributed by atoms with Gasteiger partial charge in [0.25, 0.3) is 5.91 Å². The molecule has 1 N–H and O–H groups in total. The minimum absolute atomic E-state index is 0.0471. The lowest BCUT2D eigenvalue weighted by Gasteiger charge is -2.21. The van der Waals surface area contributed by atoms with Crippen LogP contribution in [0.4, 0.5) is 0 Å². The molecule has 0 heterocycles. The number of benzene rings is 2. The number of hydrogen-bond donors (Lipinski definition) is 1. The van der Waals surface area contributed by atoms with Gasteiger partial charge in [0, 0.05) is 31.6 Å². The maximum atomic E-state index is 12.3. The maximum Gasteiger partial charge on any atom is 0.251 e. The van der Waals surface area contributed by atoms with E-state index in [1.165, 1.54) is 0 Å². The van der Waals surface area contributed by atoms with Gasteiger partial charge in [0.1, 0.15) is 0 Å². The first-order valence-corrected chi connectivity index (χ1v) is 8.26. The summed E-state index contributed by atoms with van der Waals surface area (Å²) in [7, 11) is 0. The van der Waals surface area contributed by atoms with Crippen LogP contribution in [0.3, 0.4) is 0 Å². The smallest absolute Gasteiger partial charge is 0.251 e. The third-order valence-corrected chi connectivity index (χ3v) is 3.86. The van der Waals surface area contributed by atoms with E-state index in [4.69, 9.17) is 0 Å². The fourth-order valence-electron chi connectivity index (χ4n) is 2.51. The van der Waals surface area contributed by atoms with E-state index >= 15 is 0 Å². The van der Waals surface area contributed by atoms with Crippen LogP contribution in [0.2, 0.25) is 0 Å². The number of carbonyl (C=O) groups excluding carboxylic acids is 2. The number of nitrogens with zero attached hydrogens (tertiary/aromatic N) is 1. The predicted octanol–water partition coefficient (Wildman–Crippen LogP) is 3.16. The Labute approximate surface area is 143 Å². The Morgan fingerprint density at radius 2 is 1.79 bits per heavy atom. The van der Waals surface area contributed by atoms with E-state index in [0.29, 0.717) is 31.6 Å². The lowest BCUT2D eigenvalue weighted by molar-refractivity contribution is -0.131. The van der Waals surface area contributed by atoms with Crippen molar-refractivity contribution in [3.05, 3.63) is 71.3 Å². The first-order valence-electron chi connectivity index (χ1n) is 8.26. The molecule has 2 rings (SSSR count). The summed E-state index contributed by atoms with van der Waals surface area (Å²) in [6, 6.07) is 17.3. The van der Waals surface area contributed by atoms with Gasteiger partial charge in [-0.15, -0.1) is 0 Å². The van der Waals surface area contributed by atoms with Crippen molar-refractivity contribution >= 4 is 11.8 Å². The number of hydrogen-bond acceptors (Lipinski definition) is 2. The lowest BCUT2D eigenvalue weighted by atomic mass is 10.1. The summed E-state index contributed by atoms with van der Waals surface area (Å²) < 4.78 is 0. The normalized spacial score (nSPS) is 10.2. The van der Waals surface area contributed by atoms with Crippen molar-refractivity contribution in [2.45, 2.75) is 26.8 Å². The summed E-state index contributed by atoms with van der Waals surface area (Å²) in [5.74, 6) is -0.0940. The molecule has 0 spiro atoms. The van der Waals surface area contributed by atoms with Crippen molar-refractivity contribution < 1.29 is 9.59 Å². The molecule has 0 bridgehead atoms. The lowest BCUT2D eigenvalue weighted by Crippen LogP contribution is -2.34. The number of amides is 2. The van der Waals surface area contributed by atoms with E-state index in [2.05, 4.69) is 5.32 Å². The molecule has 0 atom stereocenters. The van der Waals surface area contributed by atoms with E-state index in [1.54, 1.807) is 11.0 Å². The van der Waals surface area contributed by atoms with Gasteiger partial charge in [-0.25, -0.2) is 0 Å². The summed E-state index contributed by atoms with van der Waals surface area (Å²) in [4.78, 5) is 26.2. The fourth-order valence-corrected chi connectivity index (χ4v) is 2.51. The maximum absolute atomic E-state index is 12.3. The van der Waals surface area contributed by atoms with Gasteiger partial charge in [-0.05, 0) is 31.5 Å². The highest BCUT2D eigenvalue weighted by molar-refractivity contribution is 5.94. The second-order valence-electron chi connectivity index (χ2n) is 5.77. The minimum Gasteiger partial charge on any atom is -0.352 e. The molecular weight excluding hydrogens is 300 g/mol. The molecule has 2 aromatic rings. The van der Waals surface area contributed by atoms with Crippen molar-refractivity contribution in [2.75, 3.05) is 13.1 Å². The van der Waals surface area contributed by atoms with E-state index < -0.39 is 0 Å². The van der Waals surface area contributed by atoms with Crippen LogP contribution in [-0.2, 0) is 11.3 Å². The highest BCUT2D eigenvalue weighted by Crippen LogP contribution is 2.06. The van der Waals surface area contributed by atoms with Crippen LogP contribution in [-0.4, -0.2) is 29.8 Å². The summed E-state index contributed by atoms with van der Waals surface area (Å²) in [5, 5.41) is 2.81. The minimum atomic E-state index is -0.141. The van der Waals surface area contributed by atoms with Gasteiger partial charge < -0.3 is 10.2 Å². The quantitative estimate of drug-likeness (QED) is 0.850. The zero-order chi connectivity index (χ0) is 17.4. The standard InChI is InChI=1S/C20H24N2O2/c1-3-22(15-17-9-5-4-6-10-17)19(23)12-13-21-20(24)18-11-7-8-16(2)14-18/h4-11,14H,3,12-13,15H2,1-2H3,(H,21,24). The van der Waals surface area contributed by atoms with Crippen LogP contribution in [0.1, 0.15) is 34.8 Å². The molecule has 2 aromatic carbocycles. The Bertz CT molecular complexity index is 683. The van der Waals surface area contributed by atoms with E-state index in [9.17, 15) is 9.59 Å². The Balaban J connectivity index is 1.82. The topological polar surface area (TPSA) is 49.4 Å². The fraction of sp³-hybridized carbons (Fsp3) is 0.300. The van der Waals surface area contributed by atoms with Crippen LogP contribution in [0.15, 0.2) is 54.6 Å². The SMILES string of the molecule is CCN(Cc1ccccc1)C(=O)CCNC(=O)c1cccc(C)c1. The molecule has 2 amide bonds. The summed E-state index contributed by atoms with van der Waals surface area (Å²) in [6.45, 7) is 5.51. The van der Waals surface area contributed by atoms with Crippen LogP contribution in [0, 0.1) is 6.92 Å². The van der Waals surface area contributed by atoms with Gasteiger partial charge in [-0.3, -0.25) is 9.59 Å². The van der Waals surface area contributed by atoms with Gasteiger partial charge in [-0.1, -0.05) is 48.0 Å². The number of nitrogens with one attached hydrogen (secondary N) is 1. The Morgan fingerprint density at radius 3 is 2.46 bits per heavy atom. The van der Waals surface area contributed by atoms with Crippen molar-refractivity contribution in [3.8, 4) is 0 Å². The molecular formula is C20H24N2O2. The third-order valence-electron chi connectivity index (χ3n) is 3.86. The molecule has 0 aromatic heterocycles. The number of carbonyl (C=O) groups is 2. The number of aryl methyl sites for hydroxylation is 1. The summed E-state index contributed by atoms with van der Waals surface area (Å²) >= 11 is 0. The second kappa shape index (κ2) is 8.87. The van der Waals surface area contributed by atoms with Crippen molar-refractivity contribution in [2.24, 2.45) is 0 Å². The third kappa shape index (κ3) is 5.23. The molecule has 0 saturated carbocycles. The highest BCUT2D eigenvalue weighted by atomic mass is 16.2.